The van der Waals surface area contributed by atoms with Crippen molar-refractivity contribution < 1.29 is 9.53 Å². The Morgan fingerprint density at radius 3 is 2.79 bits per heavy atom. The van der Waals surface area contributed by atoms with Crippen LogP contribution in [-0.2, 0) is 9.53 Å². The largest absolute Gasteiger partial charge is 0.469 e. The third-order valence-corrected chi connectivity index (χ3v) is 3.61. The van der Waals surface area contributed by atoms with Gasteiger partial charge in [0.15, 0.2) is 0 Å². The number of nitrogens with zero attached hydrogens (tertiary/aromatic N) is 1. The van der Waals surface area contributed by atoms with Gasteiger partial charge in [0.05, 0.1) is 18.0 Å². The van der Waals surface area contributed by atoms with Gasteiger partial charge < -0.3 is 9.64 Å². The third-order valence-electron chi connectivity index (χ3n) is 3.21. The fourth-order valence-corrected chi connectivity index (χ4v) is 2.53. The van der Waals surface area contributed by atoms with Gasteiger partial charge in [-0.15, -0.1) is 0 Å². The van der Waals surface area contributed by atoms with Gasteiger partial charge in [-0.05, 0) is 19.3 Å². The van der Waals surface area contributed by atoms with E-state index in [1.807, 2.05) is 0 Å². The van der Waals surface area contributed by atoms with Crippen LogP contribution in [0.2, 0.25) is 0 Å². The molecule has 2 rings (SSSR count). The van der Waals surface area contributed by atoms with Gasteiger partial charge in [0.2, 0.25) is 0 Å². The molecule has 1 aliphatic heterocycles. The number of methoxy groups -OCH3 is 1. The molecule has 78 valence electrons. The summed E-state index contributed by atoms with van der Waals surface area (Å²) in [6.45, 7) is 0.774. The van der Waals surface area contributed by atoms with Crippen molar-refractivity contribution in [2.45, 2.75) is 31.7 Å². The molecule has 2 fully saturated rings. The molecule has 4 heteroatoms. The monoisotopic (exact) mass is 213 g/mol. The van der Waals surface area contributed by atoms with E-state index in [1.54, 1.807) is 0 Å². The summed E-state index contributed by atoms with van der Waals surface area (Å²) in [7, 11) is 1.44. The second kappa shape index (κ2) is 3.85. The first kappa shape index (κ1) is 9.90. The zero-order chi connectivity index (χ0) is 10.1. The average Bonchev–Trinajstić information content (AvgIpc) is 2.44. The van der Waals surface area contributed by atoms with Crippen molar-refractivity contribution in [2.75, 3.05) is 13.7 Å². The lowest BCUT2D eigenvalue weighted by Gasteiger charge is -2.36. The molecule has 0 N–H and O–H groups in total. The van der Waals surface area contributed by atoms with Gasteiger partial charge in [0.25, 0.3) is 0 Å². The Labute approximate surface area is 89.4 Å². The normalized spacial score (nSPS) is 27.6. The van der Waals surface area contributed by atoms with Gasteiger partial charge in [-0.2, -0.15) is 0 Å². The highest BCUT2D eigenvalue weighted by Gasteiger charge is 2.37. The lowest BCUT2D eigenvalue weighted by molar-refractivity contribution is -0.145. The molecule has 1 atom stereocenters. The van der Waals surface area contributed by atoms with E-state index in [1.165, 1.54) is 26.4 Å². The van der Waals surface area contributed by atoms with Crippen LogP contribution in [0.3, 0.4) is 0 Å². The standard InChI is InChI=1S/C10H15NO2S/c1-13-10(12)7-5-9(14)11(6-7)8-3-2-4-8/h7-8H,2-6H2,1H3. The van der Waals surface area contributed by atoms with Crippen molar-refractivity contribution in [1.82, 2.24) is 4.90 Å². The number of carbonyl (C=O) groups is 1. The summed E-state index contributed by atoms with van der Waals surface area (Å²) in [4.78, 5) is 14.5. The van der Waals surface area contributed by atoms with E-state index in [9.17, 15) is 4.79 Å². The van der Waals surface area contributed by atoms with E-state index in [4.69, 9.17) is 17.0 Å². The number of ether oxygens (including phenoxy) is 1. The quantitative estimate of drug-likeness (QED) is 0.512. The molecule has 1 unspecified atom stereocenters. The van der Waals surface area contributed by atoms with E-state index in [0.29, 0.717) is 12.5 Å². The van der Waals surface area contributed by atoms with E-state index >= 15 is 0 Å². The lowest BCUT2D eigenvalue weighted by Crippen LogP contribution is -2.40. The van der Waals surface area contributed by atoms with Gasteiger partial charge in [-0.3, -0.25) is 4.79 Å². The molecule has 2 aliphatic rings. The zero-order valence-corrected chi connectivity index (χ0v) is 9.18. The molecule has 1 saturated heterocycles. The van der Waals surface area contributed by atoms with Crippen LogP contribution in [0.4, 0.5) is 0 Å². The number of carbonyl (C=O) groups excluding carboxylic acids is 1. The molecule has 14 heavy (non-hydrogen) atoms. The summed E-state index contributed by atoms with van der Waals surface area (Å²) in [5, 5.41) is 0. The first-order valence-corrected chi connectivity index (χ1v) is 5.50. The van der Waals surface area contributed by atoms with Gasteiger partial charge in [-0.1, -0.05) is 12.2 Å². The van der Waals surface area contributed by atoms with Gasteiger partial charge in [-0.25, -0.2) is 0 Å². The maximum atomic E-state index is 11.3. The molecule has 0 bridgehead atoms. The molecule has 1 aliphatic carbocycles. The topological polar surface area (TPSA) is 29.5 Å². The Balaban J connectivity index is 1.96. The van der Waals surface area contributed by atoms with Crippen molar-refractivity contribution in [3.05, 3.63) is 0 Å². The predicted octanol–water partition coefficient (Wildman–Crippen LogP) is 1.36. The minimum atomic E-state index is -0.117. The van der Waals surface area contributed by atoms with Crippen LogP contribution in [0, 0.1) is 5.92 Å². The summed E-state index contributed by atoms with van der Waals surface area (Å²) in [6.07, 6.45) is 4.47. The molecule has 0 spiro atoms. The van der Waals surface area contributed by atoms with Crippen molar-refractivity contribution in [2.24, 2.45) is 5.92 Å². The number of hydrogen-bond donors (Lipinski definition) is 0. The fourth-order valence-electron chi connectivity index (χ4n) is 2.11. The summed E-state index contributed by atoms with van der Waals surface area (Å²) in [5.41, 5.74) is 0. The number of likely N-dealkylation sites (tertiary alicyclic amines) is 1. The van der Waals surface area contributed by atoms with Crippen molar-refractivity contribution in [1.29, 1.82) is 0 Å². The second-order valence-corrected chi connectivity index (χ2v) is 4.53. The zero-order valence-electron chi connectivity index (χ0n) is 8.36. The van der Waals surface area contributed by atoms with Crippen molar-refractivity contribution in [3.63, 3.8) is 0 Å². The fraction of sp³-hybridized carbons (Fsp3) is 0.800. The maximum Gasteiger partial charge on any atom is 0.310 e. The van der Waals surface area contributed by atoms with E-state index in [0.717, 1.165) is 11.5 Å². The summed E-state index contributed by atoms with van der Waals surface area (Å²) >= 11 is 5.28. The highest BCUT2D eigenvalue weighted by Crippen LogP contribution is 2.31. The Hall–Kier alpha value is -0.640. The van der Waals surface area contributed by atoms with E-state index in [2.05, 4.69) is 4.90 Å². The predicted molar refractivity (Wildman–Crippen MR) is 57.1 cm³/mol. The minimum Gasteiger partial charge on any atom is -0.469 e. The molecule has 3 nitrogen and oxygen atoms in total. The van der Waals surface area contributed by atoms with Crippen LogP contribution in [0.15, 0.2) is 0 Å². The smallest absolute Gasteiger partial charge is 0.310 e. The molecule has 0 amide bonds. The van der Waals surface area contributed by atoms with Crippen LogP contribution in [0.5, 0.6) is 0 Å². The van der Waals surface area contributed by atoms with Crippen LogP contribution >= 0.6 is 12.2 Å². The molecular weight excluding hydrogens is 198 g/mol. The average molecular weight is 213 g/mol. The summed E-state index contributed by atoms with van der Waals surface area (Å²) in [5.74, 6) is -0.137. The Morgan fingerprint density at radius 1 is 1.57 bits per heavy atom. The molecule has 0 aromatic carbocycles. The summed E-state index contributed by atoms with van der Waals surface area (Å²) in [6, 6.07) is 0.608. The Morgan fingerprint density at radius 2 is 2.29 bits per heavy atom. The van der Waals surface area contributed by atoms with Gasteiger partial charge in [0.1, 0.15) is 0 Å². The maximum absolute atomic E-state index is 11.3. The Bertz CT molecular complexity index is 263. The number of hydrogen-bond acceptors (Lipinski definition) is 3. The number of thiocarbonyl (C=S) groups is 1. The second-order valence-electron chi connectivity index (χ2n) is 4.06. The lowest BCUT2D eigenvalue weighted by atomic mass is 9.92. The Kier molecular flexibility index (Phi) is 2.72. The van der Waals surface area contributed by atoms with E-state index in [-0.39, 0.29) is 11.9 Å². The first-order chi connectivity index (χ1) is 6.72. The van der Waals surface area contributed by atoms with Crippen LogP contribution in [0.1, 0.15) is 25.7 Å². The van der Waals surface area contributed by atoms with Crippen molar-refractivity contribution in [3.8, 4) is 0 Å². The minimum absolute atomic E-state index is 0.0203. The molecule has 0 aromatic rings. The highest BCUT2D eigenvalue weighted by atomic mass is 32.1. The molecule has 1 saturated carbocycles. The van der Waals surface area contributed by atoms with E-state index < -0.39 is 0 Å². The van der Waals surface area contributed by atoms with Crippen molar-refractivity contribution >= 4 is 23.2 Å². The van der Waals surface area contributed by atoms with Gasteiger partial charge in [0, 0.05) is 19.0 Å². The molecule has 1 heterocycles. The number of esters is 1. The number of rotatable bonds is 2. The highest BCUT2D eigenvalue weighted by molar-refractivity contribution is 7.80. The SMILES string of the molecule is COC(=O)C1CC(=S)N(C2CCC2)C1. The van der Waals surface area contributed by atoms with Crippen LogP contribution < -0.4 is 0 Å². The van der Waals surface area contributed by atoms with Crippen LogP contribution in [-0.4, -0.2) is 35.6 Å². The third kappa shape index (κ3) is 1.63. The van der Waals surface area contributed by atoms with Crippen LogP contribution in [0.25, 0.3) is 0 Å². The van der Waals surface area contributed by atoms with Gasteiger partial charge >= 0.3 is 5.97 Å². The molecular formula is C10H15NO2S. The molecule has 0 aromatic heterocycles. The first-order valence-electron chi connectivity index (χ1n) is 5.09. The summed E-state index contributed by atoms with van der Waals surface area (Å²) < 4.78 is 4.74. The molecule has 0 radical (unpaired) electrons.